The van der Waals surface area contributed by atoms with Crippen LogP contribution in [-0.4, -0.2) is 38.5 Å². The standard InChI is InChI=1S/C25H20F4N6O4S/c1-4-17-19(39-11-18(31)36)21(37)33-10-14(8-16(26)20(33)32-17)35-23(40)34(22(38)24(35,2)3)13-6-5-12(9-30)15(7-13)25(27,28)29/h5-8,10H,4,11H2,1-3H3,(H2,31,36). The van der Waals surface area contributed by atoms with Gasteiger partial charge in [0.1, 0.15) is 5.54 Å². The number of ether oxygens (including phenoxy) is 1. The first-order valence-electron chi connectivity index (χ1n) is 11.6. The smallest absolute Gasteiger partial charge is 0.417 e. The lowest BCUT2D eigenvalue weighted by molar-refractivity contribution is -0.137. The largest absolute Gasteiger partial charge is 0.476 e. The van der Waals surface area contributed by atoms with Crippen LogP contribution in [0.5, 0.6) is 5.75 Å². The van der Waals surface area contributed by atoms with E-state index in [9.17, 15) is 27.6 Å². The highest BCUT2D eigenvalue weighted by molar-refractivity contribution is 7.81. The molecule has 0 unspecified atom stereocenters. The number of carbonyl (C=O) groups is 2. The van der Waals surface area contributed by atoms with Crippen LogP contribution >= 0.6 is 12.2 Å². The average Bonchev–Trinajstić information content (AvgIpc) is 3.05. The van der Waals surface area contributed by atoms with Crippen molar-refractivity contribution in [1.82, 2.24) is 9.38 Å². The van der Waals surface area contributed by atoms with Crippen molar-refractivity contribution in [2.75, 3.05) is 16.4 Å². The fourth-order valence-corrected chi connectivity index (χ4v) is 4.85. The van der Waals surface area contributed by atoms with Gasteiger partial charge in [-0.1, -0.05) is 6.92 Å². The van der Waals surface area contributed by atoms with Gasteiger partial charge < -0.3 is 15.4 Å². The number of rotatable bonds is 6. The molecule has 10 nitrogen and oxygen atoms in total. The Morgan fingerprint density at radius 3 is 2.48 bits per heavy atom. The predicted molar refractivity (Wildman–Crippen MR) is 138 cm³/mol. The van der Waals surface area contributed by atoms with Crippen molar-refractivity contribution >= 4 is 46.2 Å². The molecular formula is C25H20F4N6O4S. The number of pyridine rings is 1. The summed E-state index contributed by atoms with van der Waals surface area (Å²) in [6.45, 7) is 3.84. The zero-order valence-electron chi connectivity index (χ0n) is 21.2. The molecule has 0 spiro atoms. The Balaban J connectivity index is 1.87. The molecule has 0 atom stereocenters. The van der Waals surface area contributed by atoms with E-state index < -0.39 is 52.6 Å². The van der Waals surface area contributed by atoms with E-state index in [4.69, 9.17) is 28.0 Å². The number of carbonyl (C=O) groups excluding carboxylic acids is 2. The van der Waals surface area contributed by atoms with E-state index in [1.165, 1.54) is 24.8 Å². The fraction of sp³-hybridized carbons (Fsp3) is 0.280. The molecule has 0 bridgehead atoms. The number of alkyl halides is 3. The van der Waals surface area contributed by atoms with Crippen molar-refractivity contribution in [1.29, 1.82) is 5.26 Å². The summed E-state index contributed by atoms with van der Waals surface area (Å²) < 4.78 is 62.2. The highest BCUT2D eigenvalue weighted by Gasteiger charge is 2.51. The first kappa shape index (κ1) is 28.4. The molecule has 2 N–H and O–H groups in total. The lowest BCUT2D eigenvalue weighted by Crippen LogP contribution is -2.44. The molecule has 15 heteroatoms. The van der Waals surface area contributed by atoms with E-state index >= 15 is 4.39 Å². The van der Waals surface area contributed by atoms with Crippen molar-refractivity contribution in [3.8, 4) is 11.8 Å². The molecule has 1 saturated heterocycles. The maximum Gasteiger partial charge on any atom is 0.417 e. The Kier molecular flexibility index (Phi) is 7.01. The summed E-state index contributed by atoms with van der Waals surface area (Å²) in [5, 5.41) is 8.80. The zero-order valence-corrected chi connectivity index (χ0v) is 22.0. The van der Waals surface area contributed by atoms with Crippen LogP contribution in [0, 0.1) is 17.1 Å². The summed E-state index contributed by atoms with van der Waals surface area (Å²) in [6.07, 6.45) is -3.57. The number of halogens is 4. The van der Waals surface area contributed by atoms with E-state index in [2.05, 4.69) is 4.98 Å². The van der Waals surface area contributed by atoms with Crippen LogP contribution in [0.25, 0.3) is 5.65 Å². The Labute approximate surface area is 229 Å². The Morgan fingerprint density at radius 1 is 1.23 bits per heavy atom. The first-order valence-corrected chi connectivity index (χ1v) is 12.0. The molecule has 2 aromatic heterocycles. The van der Waals surface area contributed by atoms with Crippen LogP contribution in [0.4, 0.5) is 28.9 Å². The average molecular weight is 577 g/mol. The van der Waals surface area contributed by atoms with Gasteiger partial charge in [-0.2, -0.15) is 18.4 Å². The van der Waals surface area contributed by atoms with Crippen molar-refractivity contribution < 1.29 is 31.9 Å². The Bertz CT molecular complexity index is 1700. The summed E-state index contributed by atoms with van der Waals surface area (Å²) in [5.74, 6) is -2.89. The van der Waals surface area contributed by atoms with E-state index in [1.807, 2.05) is 0 Å². The second kappa shape index (κ2) is 9.87. The van der Waals surface area contributed by atoms with Crippen LogP contribution in [0.15, 0.2) is 35.3 Å². The molecule has 0 aliphatic carbocycles. The van der Waals surface area contributed by atoms with Gasteiger partial charge in [-0.05, 0) is 50.7 Å². The number of anilines is 2. The fourth-order valence-electron chi connectivity index (χ4n) is 4.32. The highest BCUT2D eigenvalue weighted by atomic mass is 32.1. The molecule has 40 heavy (non-hydrogen) atoms. The second-order valence-electron chi connectivity index (χ2n) is 9.20. The number of nitriles is 1. The van der Waals surface area contributed by atoms with Crippen LogP contribution in [0.3, 0.4) is 0 Å². The van der Waals surface area contributed by atoms with Gasteiger partial charge in [-0.3, -0.25) is 23.7 Å². The molecule has 2 amide bonds. The molecule has 1 aliphatic rings. The van der Waals surface area contributed by atoms with Gasteiger partial charge in [0.05, 0.1) is 34.3 Å². The maximum absolute atomic E-state index is 15.3. The maximum atomic E-state index is 15.3. The third-order valence-electron chi connectivity index (χ3n) is 6.20. The molecule has 1 aliphatic heterocycles. The zero-order chi connectivity index (χ0) is 29.7. The van der Waals surface area contributed by atoms with Gasteiger partial charge in [0.15, 0.2) is 23.2 Å². The normalized spacial score (nSPS) is 15.1. The van der Waals surface area contributed by atoms with Crippen molar-refractivity contribution in [3.63, 3.8) is 0 Å². The number of amides is 2. The topological polar surface area (TPSA) is 134 Å². The number of thiocarbonyl (C=S) groups is 1. The van der Waals surface area contributed by atoms with Gasteiger partial charge >= 0.3 is 11.7 Å². The number of aromatic nitrogens is 2. The quantitative estimate of drug-likeness (QED) is 0.350. The van der Waals surface area contributed by atoms with Crippen molar-refractivity contribution in [2.45, 2.75) is 38.9 Å². The summed E-state index contributed by atoms with van der Waals surface area (Å²) in [6, 6.07) is 5.14. The second-order valence-corrected chi connectivity index (χ2v) is 9.56. The Hall–Kier alpha value is -4.58. The predicted octanol–water partition coefficient (Wildman–Crippen LogP) is 3.07. The van der Waals surface area contributed by atoms with Crippen molar-refractivity contribution in [2.24, 2.45) is 5.73 Å². The molecule has 3 heterocycles. The molecule has 4 rings (SSSR count). The number of aryl methyl sites for hydroxylation is 1. The lowest BCUT2D eigenvalue weighted by Gasteiger charge is -2.29. The number of fused-ring (bicyclic) bond motifs is 1. The number of hydrogen-bond acceptors (Lipinski definition) is 7. The number of primary amides is 1. The monoisotopic (exact) mass is 576 g/mol. The summed E-state index contributed by atoms with van der Waals surface area (Å²) in [4.78, 5) is 44.1. The Morgan fingerprint density at radius 2 is 1.90 bits per heavy atom. The molecule has 0 radical (unpaired) electrons. The number of benzene rings is 1. The summed E-state index contributed by atoms with van der Waals surface area (Å²) in [5.41, 5.74) is 0.155. The van der Waals surface area contributed by atoms with E-state index in [0.717, 1.165) is 33.7 Å². The SMILES string of the molecule is CCc1nc2c(F)cc(N3C(=S)N(c4ccc(C#N)c(C(F)(F)F)c4)C(=O)C3(C)C)cn2c(=O)c1OCC(N)=O. The molecule has 0 saturated carbocycles. The van der Waals surface area contributed by atoms with Crippen LogP contribution in [-0.2, 0) is 22.2 Å². The van der Waals surface area contributed by atoms with Crippen LogP contribution in [0.1, 0.15) is 37.6 Å². The van der Waals surface area contributed by atoms with Crippen molar-refractivity contribution in [3.05, 3.63) is 63.5 Å². The van der Waals surface area contributed by atoms with Gasteiger partial charge in [0, 0.05) is 12.3 Å². The van der Waals surface area contributed by atoms with E-state index in [1.54, 1.807) is 6.92 Å². The molecule has 1 aromatic carbocycles. The first-order chi connectivity index (χ1) is 18.6. The summed E-state index contributed by atoms with van der Waals surface area (Å²) in [7, 11) is 0. The third-order valence-corrected chi connectivity index (χ3v) is 6.57. The minimum atomic E-state index is -4.89. The molecule has 208 valence electrons. The molecule has 3 aromatic rings. The number of nitrogens with zero attached hydrogens (tertiary/aromatic N) is 5. The van der Waals surface area contributed by atoms with E-state index in [-0.39, 0.29) is 40.0 Å². The minimum absolute atomic E-state index is 0.0811. The molecular weight excluding hydrogens is 556 g/mol. The molecule has 1 fully saturated rings. The van der Waals surface area contributed by atoms with Gasteiger partial charge in [0.2, 0.25) is 5.75 Å². The minimum Gasteiger partial charge on any atom is -0.476 e. The van der Waals surface area contributed by atoms with Crippen LogP contribution < -0.4 is 25.8 Å². The third kappa shape index (κ3) is 4.60. The summed E-state index contributed by atoms with van der Waals surface area (Å²) >= 11 is 5.47. The van der Waals surface area contributed by atoms with Crippen LogP contribution in [0.2, 0.25) is 0 Å². The van der Waals surface area contributed by atoms with Gasteiger partial charge in [-0.15, -0.1) is 0 Å². The lowest BCUT2D eigenvalue weighted by atomic mass is 10.0. The number of nitrogens with two attached hydrogens (primary N) is 1. The van der Waals surface area contributed by atoms with Gasteiger partial charge in [-0.25, -0.2) is 9.37 Å². The number of hydrogen-bond donors (Lipinski definition) is 1. The van der Waals surface area contributed by atoms with Gasteiger partial charge in [0.25, 0.3) is 11.8 Å². The van der Waals surface area contributed by atoms with E-state index in [0.29, 0.717) is 6.07 Å². The highest BCUT2D eigenvalue weighted by Crippen LogP contribution is 2.40.